The van der Waals surface area contributed by atoms with E-state index in [1.54, 1.807) is 24.1 Å². The summed E-state index contributed by atoms with van der Waals surface area (Å²) in [5, 5.41) is 0. The number of piperazine rings is 1. The van der Waals surface area contributed by atoms with Gasteiger partial charge in [0.2, 0.25) is 11.8 Å². The molecule has 2 fully saturated rings. The Hall–Kier alpha value is -1.95. The van der Waals surface area contributed by atoms with Crippen molar-refractivity contribution in [2.75, 3.05) is 40.3 Å². The predicted molar refractivity (Wildman–Crippen MR) is 84.1 cm³/mol. The molecule has 2 saturated heterocycles. The molecule has 0 unspecified atom stereocenters. The van der Waals surface area contributed by atoms with Crippen molar-refractivity contribution in [3.8, 4) is 0 Å². The second kappa shape index (κ2) is 6.28. The van der Waals surface area contributed by atoms with Crippen LogP contribution in [0.3, 0.4) is 0 Å². The lowest BCUT2D eigenvalue weighted by Crippen LogP contribution is -2.49. The number of halogens is 1. The van der Waals surface area contributed by atoms with Crippen LogP contribution >= 0.6 is 0 Å². The summed E-state index contributed by atoms with van der Waals surface area (Å²) >= 11 is 0. The fourth-order valence-electron chi connectivity index (χ4n) is 3.47. The third-order valence-corrected chi connectivity index (χ3v) is 4.93. The van der Waals surface area contributed by atoms with Crippen LogP contribution in [0.25, 0.3) is 0 Å². The standard InChI is InChI=1S/C17H22FN3O2/c1-19-7-9-21(10-8-19)17(23)14-11-15(22)20(2)16(14)12-3-5-13(18)6-4-12/h3-6,14,16H,7-11H2,1-2H3/t14-,16-/m1/s1. The maximum atomic E-state index is 13.2. The van der Waals surface area contributed by atoms with Gasteiger partial charge in [0.25, 0.3) is 0 Å². The number of rotatable bonds is 2. The van der Waals surface area contributed by atoms with Crippen molar-refractivity contribution in [1.29, 1.82) is 0 Å². The molecule has 5 nitrogen and oxygen atoms in total. The molecule has 0 aromatic heterocycles. The van der Waals surface area contributed by atoms with Crippen LogP contribution in [0.2, 0.25) is 0 Å². The summed E-state index contributed by atoms with van der Waals surface area (Å²) < 4.78 is 13.2. The van der Waals surface area contributed by atoms with Crippen LogP contribution in [0.5, 0.6) is 0 Å². The Kier molecular flexibility index (Phi) is 4.35. The smallest absolute Gasteiger partial charge is 0.228 e. The van der Waals surface area contributed by atoms with Gasteiger partial charge >= 0.3 is 0 Å². The van der Waals surface area contributed by atoms with Crippen LogP contribution in [-0.4, -0.2) is 66.8 Å². The molecule has 0 N–H and O–H groups in total. The highest BCUT2D eigenvalue weighted by Gasteiger charge is 2.44. The summed E-state index contributed by atoms with van der Waals surface area (Å²) in [6.07, 6.45) is 0.226. The molecule has 0 saturated carbocycles. The highest BCUT2D eigenvalue weighted by Crippen LogP contribution is 2.38. The number of nitrogens with zero attached hydrogens (tertiary/aromatic N) is 3. The Labute approximate surface area is 135 Å². The number of likely N-dealkylation sites (N-methyl/N-ethyl adjacent to an activating group) is 1. The van der Waals surface area contributed by atoms with Crippen LogP contribution in [0.1, 0.15) is 18.0 Å². The molecule has 2 aliphatic rings. The fraction of sp³-hybridized carbons (Fsp3) is 0.529. The van der Waals surface area contributed by atoms with Gasteiger partial charge in [-0.1, -0.05) is 12.1 Å². The average molecular weight is 319 g/mol. The number of amides is 2. The maximum absolute atomic E-state index is 13.2. The Bertz CT molecular complexity index is 596. The monoisotopic (exact) mass is 319 g/mol. The van der Waals surface area contributed by atoms with Gasteiger partial charge in [-0.15, -0.1) is 0 Å². The Balaban J connectivity index is 1.82. The van der Waals surface area contributed by atoms with Crippen LogP contribution in [0, 0.1) is 11.7 Å². The van der Waals surface area contributed by atoms with E-state index in [2.05, 4.69) is 4.90 Å². The van der Waals surface area contributed by atoms with E-state index in [9.17, 15) is 14.0 Å². The first-order chi connectivity index (χ1) is 11.0. The van der Waals surface area contributed by atoms with E-state index in [1.807, 2.05) is 11.9 Å². The number of hydrogen-bond acceptors (Lipinski definition) is 3. The SMILES string of the molecule is CN1CCN(C(=O)[C@@H]2CC(=O)N(C)[C@@H]2c2ccc(F)cc2)CC1. The normalized spacial score (nSPS) is 26.0. The number of hydrogen-bond donors (Lipinski definition) is 0. The number of carbonyl (C=O) groups is 2. The minimum absolute atomic E-state index is 0.0325. The van der Waals surface area contributed by atoms with Crippen molar-refractivity contribution in [2.45, 2.75) is 12.5 Å². The van der Waals surface area contributed by atoms with E-state index < -0.39 is 0 Å². The Morgan fingerprint density at radius 3 is 2.30 bits per heavy atom. The molecule has 6 heteroatoms. The first-order valence-electron chi connectivity index (χ1n) is 7.96. The van der Waals surface area contributed by atoms with Gasteiger partial charge in [-0.3, -0.25) is 9.59 Å². The van der Waals surface area contributed by atoms with Crippen LogP contribution in [-0.2, 0) is 9.59 Å². The zero-order chi connectivity index (χ0) is 16.6. The largest absolute Gasteiger partial charge is 0.340 e. The van der Waals surface area contributed by atoms with Crippen molar-refractivity contribution in [3.63, 3.8) is 0 Å². The lowest BCUT2D eigenvalue weighted by molar-refractivity contribution is -0.138. The average Bonchev–Trinajstić information content (AvgIpc) is 2.84. The minimum Gasteiger partial charge on any atom is -0.340 e. The summed E-state index contributed by atoms with van der Waals surface area (Å²) in [6, 6.07) is 5.78. The molecule has 23 heavy (non-hydrogen) atoms. The van der Waals surface area contributed by atoms with Crippen molar-refractivity contribution >= 4 is 11.8 Å². The van der Waals surface area contributed by atoms with E-state index >= 15 is 0 Å². The van der Waals surface area contributed by atoms with Crippen molar-refractivity contribution in [3.05, 3.63) is 35.6 Å². The molecule has 0 radical (unpaired) electrons. The molecule has 1 aromatic rings. The topological polar surface area (TPSA) is 43.9 Å². The summed E-state index contributed by atoms with van der Waals surface area (Å²) in [7, 11) is 3.75. The molecule has 0 aliphatic carbocycles. The molecular weight excluding hydrogens is 297 g/mol. The summed E-state index contributed by atoms with van der Waals surface area (Å²) in [6.45, 7) is 3.09. The summed E-state index contributed by atoms with van der Waals surface area (Å²) in [4.78, 5) is 30.7. The van der Waals surface area contributed by atoms with Gasteiger partial charge in [0.1, 0.15) is 5.82 Å². The molecule has 2 amide bonds. The molecule has 1 aromatic carbocycles. The molecule has 124 valence electrons. The third kappa shape index (κ3) is 3.08. The quantitative estimate of drug-likeness (QED) is 0.820. The van der Waals surface area contributed by atoms with Crippen LogP contribution in [0.15, 0.2) is 24.3 Å². The van der Waals surface area contributed by atoms with E-state index in [0.717, 1.165) is 18.7 Å². The molecule has 0 spiro atoms. The number of benzene rings is 1. The molecule has 3 rings (SSSR count). The van der Waals surface area contributed by atoms with E-state index in [1.165, 1.54) is 12.1 Å². The molecular formula is C17H22FN3O2. The van der Waals surface area contributed by atoms with Crippen molar-refractivity contribution < 1.29 is 14.0 Å². The fourth-order valence-corrected chi connectivity index (χ4v) is 3.47. The molecule has 2 atom stereocenters. The summed E-state index contributed by atoms with van der Waals surface area (Å²) in [5.41, 5.74) is 0.812. The van der Waals surface area contributed by atoms with Gasteiger partial charge in [-0.05, 0) is 24.7 Å². The van der Waals surface area contributed by atoms with Gasteiger partial charge in [-0.2, -0.15) is 0 Å². The van der Waals surface area contributed by atoms with Gasteiger partial charge in [0, 0.05) is 39.6 Å². The lowest BCUT2D eigenvalue weighted by atomic mass is 9.92. The van der Waals surface area contributed by atoms with Crippen molar-refractivity contribution in [2.24, 2.45) is 5.92 Å². The number of likely N-dealkylation sites (tertiary alicyclic amines) is 1. The second-order valence-electron chi connectivity index (χ2n) is 6.44. The Morgan fingerprint density at radius 2 is 1.70 bits per heavy atom. The highest BCUT2D eigenvalue weighted by molar-refractivity contribution is 5.90. The van der Waals surface area contributed by atoms with Gasteiger partial charge < -0.3 is 14.7 Å². The Morgan fingerprint density at radius 1 is 1.09 bits per heavy atom. The zero-order valence-corrected chi connectivity index (χ0v) is 13.5. The predicted octanol–water partition coefficient (Wildman–Crippen LogP) is 1.12. The maximum Gasteiger partial charge on any atom is 0.228 e. The summed E-state index contributed by atoms with van der Waals surface area (Å²) in [5.74, 6) is -0.707. The molecule has 2 aliphatic heterocycles. The molecule has 0 bridgehead atoms. The zero-order valence-electron chi connectivity index (χ0n) is 13.5. The van der Waals surface area contributed by atoms with E-state index in [4.69, 9.17) is 0 Å². The van der Waals surface area contributed by atoms with Gasteiger partial charge in [-0.25, -0.2) is 4.39 Å². The van der Waals surface area contributed by atoms with E-state index in [-0.39, 0.29) is 36.0 Å². The lowest BCUT2D eigenvalue weighted by Gasteiger charge is -2.35. The van der Waals surface area contributed by atoms with E-state index in [0.29, 0.717) is 13.1 Å². The third-order valence-electron chi connectivity index (χ3n) is 4.93. The highest BCUT2D eigenvalue weighted by atomic mass is 19.1. The number of carbonyl (C=O) groups excluding carboxylic acids is 2. The first-order valence-corrected chi connectivity index (χ1v) is 7.96. The van der Waals surface area contributed by atoms with Gasteiger partial charge in [0.05, 0.1) is 12.0 Å². The van der Waals surface area contributed by atoms with Gasteiger partial charge in [0.15, 0.2) is 0 Å². The first kappa shape index (κ1) is 15.9. The molecule has 2 heterocycles. The van der Waals surface area contributed by atoms with Crippen molar-refractivity contribution in [1.82, 2.24) is 14.7 Å². The van der Waals surface area contributed by atoms with Crippen LogP contribution in [0.4, 0.5) is 4.39 Å². The minimum atomic E-state index is -0.388. The van der Waals surface area contributed by atoms with Crippen LogP contribution < -0.4 is 0 Å². The second-order valence-corrected chi connectivity index (χ2v) is 6.44.